The Morgan fingerprint density at radius 1 is 1.25 bits per heavy atom. The fraction of sp³-hybridized carbons (Fsp3) is 0.944. The first-order chi connectivity index (χ1) is 11.1. The Bertz CT molecular complexity index is 432. The van der Waals surface area contributed by atoms with Crippen molar-refractivity contribution in [3.8, 4) is 0 Å². The van der Waals surface area contributed by atoms with Crippen LogP contribution in [0.3, 0.4) is 0 Å². The van der Waals surface area contributed by atoms with E-state index < -0.39 is 24.1 Å². The largest absolute Gasteiger partial charge is 0.460 e. The van der Waals surface area contributed by atoms with Gasteiger partial charge in [0.25, 0.3) is 0 Å². The molecule has 2 N–H and O–H groups in total. The number of rotatable bonds is 6. The maximum Gasteiger partial charge on any atom is 0.309 e. The van der Waals surface area contributed by atoms with E-state index in [-0.39, 0.29) is 30.5 Å². The van der Waals surface area contributed by atoms with Gasteiger partial charge in [-0.05, 0) is 59.8 Å². The summed E-state index contributed by atoms with van der Waals surface area (Å²) in [6, 6.07) is 0. The molecule has 0 radical (unpaired) electrons. The minimum Gasteiger partial charge on any atom is -0.460 e. The number of hydrogen-bond donors (Lipinski definition) is 2. The van der Waals surface area contributed by atoms with Gasteiger partial charge >= 0.3 is 5.97 Å². The molecule has 1 aliphatic heterocycles. The normalized spacial score (nSPS) is 37.8. The Morgan fingerprint density at radius 3 is 2.54 bits per heavy atom. The van der Waals surface area contributed by atoms with Gasteiger partial charge in [0.15, 0.2) is 6.29 Å². The molecule has 0 aromatic rings. The SMILES string of the molecule is C[C@H](CC[C@H]1C[C@H]1C(=O)OC(C)(C)C)O[C@@H]1O[C@@H](C)[C@H](O)C[C@H]1O. The van der Waals surface area contributed by atoms with Gasteiger partial charge in [-0.3, -0.25) is 4.79 Å². The highest BCUT2D eigenvalue weighted by molar-refractivity contribution is 5.76. The van der Waals surface area contributed by atoms with Crippen molar-refractivity contribution in [3.05, 3.63) is 0 Å². The van der Waals surface area contributed by atoms with Gasteiger partial charge in [0, 0.05) is 6.42 Å². The van der Waals surface area contributed by atoms with Gasteiger partial charge < -0.3 is 24.4 Å². The van der Waals surface area contributed by atoms with Gasteiger partial charge in [0.05, 0.1) is 24.2 Å². The molecule has 0 aromatic heterocycles. The lowest BCUT2D eigenvalue weighted by molar-refractivity contribution is -0.273. The number of carbonyl (C=O) groups excluding carboxylic acids is 1. The van der Waals surface area contributed by atoms with Crippen molar-refractivity contribution in [3.63, 3.8) is 0 Å². The van der Waals surface area contributed by atoms with E-state index in [2.05, 4.69) is 0 Å². The fourth-order valence-electron chi connectivity index (χ4n) is 3.04. The minimum absolute atomic E-state index is 0.0168. The van der Waals surface area contributed by atoms with E-state index in [0.29, 0.717) is 5.92 Å². The topological polar surface area (TPSA) is 85.2 Å². The van der Waals surface area contributed by atoms with Crippen LogP contribution in [0.2, 0.25) is 0 Å². The van der Waals surface area contributed by atoms with E-state index >= 15 is 0 Å². The minimum atomic E-state index is -0.811. The number of esters is 1. The van der Waals surface area contributed by atoms with Crippen molar-refractivity contribution in [2.45, 2.75) is 96.6 Å². The van der Waals surface area contributed by atoms with E-state index in [1.165, 1.54) is 0 Å². The van der Waals surface area contributed by atoms with Crippen LogP contribution in [-0.4, -0.2) is 52.5 Å². The molecule has 24 heavy (non-hydrogen) atoms. The summed E-state index contributed by atoms with van der Waals surface area (Å²) < 4.78 is 16.7. The molecule has 7 atom stereocenters. The highest BCUT2D eigenvalue weighted by Crippen LogP contribution is 2.44. The van der Waals surface area contributed by atoms with Crippen LogP contribution in [0.4, 0.5) is 0 Å². The summed E-state index contributed by atoms with van der Waals surface area (Å²) in [7, 11) is 0. The Hall–Kier alpha value is -0.690. The van der Waals surface area contributed by atoms with Crippen molar-refractivity contribution in [2.24, 2.45) is 11.8 Å². The fourth-order valence-corrected chi connectivity index (χ4v) is 3.04. The number of carbonyl (C=O) groups is 1. The third-order valence-corrected chi connectivity index (χ3v) is 4.63. The maximum absolute atomic E-state index is 12.0. The van der Waals surface area contributed by atoms with E-state index in [0.717, 1.165) is 19.3 Å². The lowest BCUT2D eigenvalue weighted by Gasteiger charge is -2.36. The first kappa shape index (κ1) is 19.6. The Balaban J connectivity index is 1.67. The third kappa shape index (κ3) is 5.69. The lowest BCUT2D eigenvalue weighted by atomic mass is 10.0. The zero-order valence-electron chi connectivity index (χ0n) is 15.4. The molecule has 6 nitrogen and oxygen atoms in total. The summed E-state index contributed by atoms with van der Waals surface area (Å²) >= 11 is 0. The predicted molar refractivity (Wildman–Crippen MR) is 88.2 cm³/mol. The molecule has 0 spiro atoms. The van der Waals surface area contributed by atoms with Crippen LogP contribution in [0.5, 0.6) is 0 Å². The molecule has 2 rings (SSSR count). The summed E-state index contributed by atoms with van der Waals surface area (Å²) in [5.41, 5.74) is -0.434. The molecule has 140 valence electrons. The zero-order valence-corrected chi connectivity index (χ0v) is 15.4. The lowest BCUT2D eigenvalue weighted by Crippen LogP contribution is -2.48. The van der Waals surface area contributed by atoms with E-state index in [4.69, 9.17) is 14.2 Å². The smallest absolute Gasteiger partial charge is 0.309 e. The highest BCUT2D eigenvalue weighted by atomic mass is 16.7. The summed E-state index contributed by atoms with van der Waals surface area (Å²) in [6.45, 7) is 9.35. The molecule has 0 bridgehead atoms. The predicted octanol–water partition coefficient (Wildman–Crippen LogP) is 2.01. The monoisotopic (exact) mass is 344 g/mol. The van der Waals surface area contributed by atoms with Gasteiger partial charge in [0.1, 0.15) is 11.7 Å². The average molecular weight is 344 g/mol. The van der Waals surface area contributed by atoms with Crippen molar-refractivity contribution in [2.75, 3.05) is 0 Å². The molecule has 0 amide bonds. The van der Waals surface area contributed by atoms with Crippen LogP contribution in [0, 0.1) is 11.8 Å². The van der Waals surface area contributed by atoms with Gasteiger partial charge in [-0.1, -0.05) is 0 Å². The highest BCUT2D eigenvalue weighted by Gasteiger charge is 2.45. The second-order valence-corrected chi connectivity index (χ2v) is 8.24. The van der Waals surface area contributed by atoms with E-state index in [1.807, 2.05) is 27.7 Å². The second kappa shape index (κ2) is 7.68. The van der Waals surface area contributed by atoms with E-state index in [1.54, 1.807) is 6.92 Å². The molecular formula is C18H32O6. The molecule has 0 unspecified atom stereocenters. The third-order valence-electron chi connectivity index (χ3n) is 4.63. The van der Waals surface area contributed by atoms with Crippen LogP contribution < -0.4 is 0 Å². The molecule has 2 fully saturated rings. The number of aliphatic hydroxyl groups excluding tert-OH is 2. The first-order valence-electron chi connectivity index (χ1n) is 8.96. The quantitative estimate of drug-likeness (QED) is 0.717. The van der Waals surface area contributed by atoms with Gasteiger partial charge in [-0.15, -0.1) is 0 Å². The Morgan fingerprint density at radius 2 is 1.92 bits per heavy atom. The van der Waals surface area contributed by atoms with Gasteiger partial charge in [0.2, 0.25) is 0 Å². The number of ether oxygens (including phenoxy) is 3. The van der Waals surface area contributed by atoms with Gasteiger partial charge in [-0.2, -0.15) is 0 Å². The van der Waals surface area contributed by atoms with Gasteiger partial charge in [-0.25, -0.2) is 0 Å². The molecule has 6 heteroatoms. The first-order valence-corrected chi connectivity index (χ1v) is 8.96. The molecule has 1 aliphatic carbocycles. The Labute approximate surface area is 144 Å². The van der Waals surface area contributed by atoms with Crippen LogP contribution in [-0.2, 0) is 19.0 Å². The number of aliphatic hydroxyl groups is 2. The van der Waals surface area contributed by atoms with Crippen LogP contribution >= 0.6 is 0 Å². The average Bonchev–Trinajstić information content (AvgIpc) is 3.20. The van der Waals surface area contributed by atoms with Crippen molar-refractivity contribution in [1.29, 1.82) is 0 Å². The summed E-state index contributed by atoms with van der Waals surface area (Å²) in [5.74, 6) is 0.280. The van der Waals surface area contributed by atoms with Crippen molar-refractivity contribution in [1.82, 2.24) is 0 Å². The summed E-state index contributed by atoms with van der Waals surface area (Å²) in [5, 5.41) is 19.6. The zero-order chi connectivity index (χ0) is 18.1. The molecule has 1 saturated carbocycles. The summed E-state index contributed by atoms with van der Waals surface area (Å²) in [6.07, 6.45) is 0.261. The number of hydrogen-bond acceptors (Lipinski definition) is 6. The van der Waals surface area contributed by atoms with Crippen LogP contribution in [0.15, 0.2) is 0 Å². The standard InChI is InChI=1S/C18H32O6/c1-10(22-17-15(20)9-14(19)11(2)23-17)6-7-12-8-13(12)16(21)24-18(3,4)5/h10-15,17,19-20H,6-9H2,1-5H3/t10-,11+,12+,13-,14-,15-,17-/m1/s1. The molecule has 0 aromatic carbocycles. The molecular weight excluding hydrogens is 312 g/mol. The van der Waals surface area contributed by atoms with Crippen molar-refractivity contribution >= 4 is 5.97 Å². The van der Waals surface area contributed by atoms with E-state index in [9.17, 15) is 15.0 Å². The molecule has 1 saturated heterocycles. The van der Waals surface area contributed by atoms with Crippen LogP contribution in [0.25, 0.3) is 0 Å². The molecule has 1 heterocycles. The molecule has 2 aliphatic rings. The summed E-state index contributed by atoms with van der Waals surface area (Å²) in [4.78, 5) is 12.0. The Kier molecular flexibility index (Phi) is 6.29. The second-order valence-electron chi connectivity index (χ2n) is 8.24. The maximum atomic E-state index is 12.0. The van der Waals surface area contributed by atoms with Crippen molar-refractivity contribution < 1.29 is 29.2 Å². The van der Waals surface area contributed by atoms with Crippen LogP contribution in [0.1, 0.15) is 60.3 Å².